The molecule has 0 bridgehead atoms. The van der Waals surface area contributed by atoms with Gasteiger partial charge in [0.15, 0.2) is 0 Å². The van der Waals surface area contributed by atoms with Gasteiger partial charge in [-0.3, -0.25) is 0 Å². The zero-order valence-electron chi connectivity index (χ0n) is 13.5. The van der Waals surface area contributed by atoms with E-state index in [1.54, 1.807) is 19.2 Å². The van der Waals surface area contributed by atoms with Crippen LogP contribution in [0.1, 0.15) is 6.42 Å². The Morgan fingerprint density at radius 3 is 3.04 bits per heavy atom. The Labute approximate surface area is 143 Å². The molecular weight excluding hydrogens is 352 g/mol. The molecule has 3 rings (SSSR count). The number of aliphatic carboxylic acids is 1. The molecular formula is C14H18N4O6S. The summed E-state index contributed by atoms with van der Waals surface area (Å²) in [7, 11) is -2.28. The molecule has 0 spiro atoms. The average molecular weight is 370 g/mol. The zero-order chi connectivity index (χ0) is 18.0. The number of carbonyl (C=O) groups is 1. The minimum atomic E-state index is -3.89. The van der Waals surface area contributed by atoms with E-state index in [1.165, 1.54) is 10.9 Å². The van der Waals surface area contributed by atoms with Crippen molar-refractivity contribution in [1.82, 2.24) is 19.7 Å². The topological polar surface area (TPSA) is 133 Å². The van der Waals surface area contributed by atoms with Crippen LogP contribution < -0.4 is 4.72 Å². The molecule has 2 N–H and O–H groups in total. The number of benzene rings is 1. The van der Waals surface area contributed by atoms with Gasteiger partial charge in [-0.1, -0.05) is 6.07 Å². The lowest BCUT2D eigenvalue weighted by atomic mass is 10.1. The Morgan fingerprint density at radius 1 is 1.48 bits per heavy atom. The second kappa shape index (κ2) is 7.04. The molecule has 1 fully saturated rings. The van der Waals surface area contributed by atoms with E-state index in [0.29, 0.717) is 18.5 Å². The summed E-state index contributed by atoms with van der Waals surface area (Å²) < 4.78 is 38.7. The first-order valence-electron chi connectivity index (χ1n) is 7.60. The first-order valence-corrected chi connectivity index (χ1v) is 9.08. The number of carboxylic acids is 1. The van der Waals surface area contributed by atoms with Crippen LogP contribution in [0.5, 0.6) is 0 Å². The molecule has 0 amide bonds. The maximum absolute atomic E-state index is 12.8. The van der Waals surface area contributed by atoms with Gasteiger partial charge in [-0.15, -0.1) is 0 Å². The van der Waals surface area contributed by atoms with E-state index in [2.05, 4.69) is 14.9 Å². The van der Waals surface area contributed by atoms with Crippen molar-refractivity contribution in [2.75, 3.05) is 19.8 Å². The SMILES string of the molecule is Cn1nc2cccc(S(=O)(=O)N[C@@H]3CCOC[C@H]3OCC(=O)O)c2n1. The van der Waals surface area contributed by atoms with Crippen LogP contribution in [0.25, 0.3) is 11.0 Å². The summed E-state index contributed by atoms with van der Waals surface area (Å²) in [6, 6.07) is 4.12. The molecule has 1 aliphatic heterocycles. The van der Waals surface area contributed by atoms with Gasteiger partial charge in [0.2, 0.25) is 10.0 Å². The highest BCUT2D eigenvalue weighted by atomic mass is 32.2. The summed E-state index contributed by atoms with van der Waals surface area (Å²) in [5.41, 5.74) is 0.739. The molecule has 0 radical (unpaired) electrons. The van der Waals surface area contributed by atoms with Crippen LogP contribution in [-0.2, 0) is 31.3 Å². The smallest absolute Gasteiger partial charge is 0.329 e. The molecule has 1 aliphatic rings. The Balaban J connectivity index is 1.84. The number of ether oxygens (including phenoxy) is 2. The van der Waals surface area contributed by atoms with Crippen molar-refractivity contribution >= 4 is 27.0 Å². The number of hydrogen-bond donors (Lipinski definition) is 2. The third-order valence-electron chi connectivity index (χ3n) is 3.80. The van der Waals surface area contributed by atoms with E-state index in [1.807, 2.05) is 0 Å². The Hall–Kier alpha value is -2.08. The van der Waals surface area contributed by atoms with E-state index in [9.17, 15) is 13.2 Å². The second-order valence-electron chi connectivity index (χ2n) is 5.65. The van der Waals surface area contributed by atoms with Gasteiger partial charge >= 0.3 is 5.97 Å². The summed E-state index contributed by atoms with van der Waals surface area (Å²) in [5.74, 6) is -1.13. The van der Waals surface area contributed by atoms with Gasteiger partial charge in [0.05, 0.1) is 18.8 Å². The number of sulfonamides is 1. The van der Waals surface area contributed by atoms with Gasteiger partial charge < -0.3 is 14.6 Å². The van der Waals surface area contributed by atoms with Gasteiger partial charge in [-0.2, -0.15) is 15.0 Å². The van der Waals surface area contributed by atoms with Crippen LogP contribution in [0.15, 0.2) is 23.1 Å². The summed E-state index contributed by atoms with van der Waals surface area (Å²) in [6.07, 6.45) is -0.305. The van der Waals surface area contributed by atoms with Crippen molar-refractivity contribution in [2.24, 2.45) is 7.05 Å². The van der Waals surface area contributed by atoms with Crippen molar-refractivity contribution in [3.05, 3.63) is 18.2 Å². The average Bonchev–Trinajstić information content (AvgIpc) is 2.93. The monoisotopic (exact) mass is 370 g/mol. The van der Waals surface area contributed by atoms with E-state index >= 15 is 0 Å². The van der Waals surface area contributed by atoms with Crippen LogP contribution in [-0.4, -0.2) is 66.5 Å². The van der Waals surface area contributed by atoms with Crippen molar-refractivity contribution in [3.63, 3.8) is 0 Å². The summed E-state index contributed by atoms with van der Waals surface area (Å²) in [5, 5.41) is 16.9. The molecule has 1 aromatic heterocycles. The minimum absolute atomic E-state index is 0.0153. The zero-order valence-corrected chi connectivity index (χ0v) is 14.3. The molecule has 0 unspecified atom stereocenters. The lowest BCUT2D eigenvalue weighted by Crippen LogP contribution is -2.50. The predicted octanol–water partition coefficient (Wildman–Crippen LogP) is -0.495. The van der Waals surface area contributed by atoms with E-state index in [0.717, 1.165) is 0 Å². The Bertz CT molecular complexity index is 881. The van der Waals surface area contributed by atoms with Gasteiger partial charge in [0.25, 0.3) is 0 Å². The standard InChI is InChI=1S/C14H18N4O6S/c1-18-15-10-3-2-4-12(14(10)16-18)25(21,22)17-9-5-6-23-7-11(9)24-8-13(19)20/h2-4,9,11,17H,5-8H2,1H3,(H,19,20)/t9-,11-/m1/s1. The summed E-state index contributed by atoms with van der Waals surface area (Å²) in [4.78, 5) is 12.0. The van der Waals surface area contributed by atoms with Crippen LogP contribution in [0.3, 0.4) is 0 Å². The quantitative estimate of drug-likeness (QED) is 0.696. The molecule has 2 heterocycles. The van der Waals surface area contributed by atoms with Crippen LogP contribution in [0.4, 0.5) is 0 Å². The fraction of sp³-hybridized carbons (Fsp3) is 0.500. The molecule has 2 aromatic rings. The number of aryl methyl sites for hydroxylation is 1. The fourth-order valence-electron chi connectivity index (χ4n) is 2.68. The highest BCUT2D eigenvalue weighted by Gasteiger charge is 2.32. The van der Waals surface area contributed by atoms with Crippen molar-refractivity contribution in [1.29, 1.82) is 0 Å². The molecule has 136 valence electrons. The first kappa shape index (κ1) is 17.7. The van der Waals surface area contributed by atoms with Crippen LogP contribution in [0.2, 0.25) is 0 Å². The molecule has 0 aliphatic carbocycles. The van der Waals surface area contributed by atoms with Crippen LogP contribution >= 0.6 is 0 Å². The number of aromatic nitrogens is 3. The number of fused-ring (bicyclic) bond motifs is 1. The van der Waals surface area contributed by atoms with Crippen LogP contribution in [0, 0.1) is 0 Å². The molecule has 1 aromatic carbocycles. The molecule has 11 heteroatoms. The summed E-state index contributed by atoms with van der Waals surface area (Å²) in [6.45, 7) is -0.0444. The molecule has 25 heavy (non-hydrogen) atoms. The van der Waals surface area contributed by atoms with E-state index < -0.39 is 34.7 Å². The highest BCUT2D eigenvalue weighted by Crippen LogP contribution is 2.21. The van der Waals surface area contributed by atoms with E-state index in [4.69, 9.17) is 14.6 Å². The number of nitrogens with one attached hydrogen (secondary N) is 1. The van der Waals surface area contributed by atoms with E-state index in [-0.39, 0.29) is 17.0 Å². The van der Waals surface area contributed by atoms with Crippen molar-refractivity contribution < 1.29 is 27.8 Å². The van der Waals surface area contributed by atoms with Crippen molar-refractivity contribution in [3.8, 4) is 0 Å². The lowest BCUT2D eigenvalue weighted by molar-refractivity contribution is -0.148. The Morgan fingerprint density at radius 2 is 2.28 bits per heavy atom. The molecule has 10 nitrogen and oxygen atoms in total. The number of hydrogen-bond acceptors (Lipinski definition) is 7. The van der Waals surface area contributed by atoms with Crippen molar-refractivity contribution in [2.45, 2.75) is 23.5 Å². The Kier molecular flexibility index (Phi) is 4.99. The number of rotatable bonds is 6. The molecule has 0 saturated carbocycles. The summed E-state index contributed by atoms with van der Waals surface area (Å²) >= 11 is 0. The number of carboxylic acid groups (broad SMARTS) is 1. The van der Waals surface area contributed by atoms with Gasteiger partial charge in [-0.05, 0) is 18.6 Å². The molecule has 1 saturated heterocycles. The number of nitrogens with zero attached hydrogens (tertiary/aromatic N) is 3. The largest absolute Gasteiger partial charge is 0.480 e. The maximum atomic E-state index is 12.8. The second-order valence-corrected chi connectivity index (χ2v) is 7.33. The molecule has 2 atom stereocenters. The maximum Gasteiger partial charge on any atom is 0.329 e. The third kappa shape index (κ3) is 3.95. The van der Waals surface area contributed by atoms with Gasteiger partial charge in [-0.25, -0.2) is 17.9 Å². The van der Waals surface area contributed by atoms with Gasteiger partial charge in [0.1, 0.15) is 22.5 Å². The lowest BCUT2D eigenvalue weighted by Gasteiger charge is -2.31. The predicted molar refractivity (Wildman–Crippen MR) is 85.4 cm³/mol. The van der Waals surface area contributed by atoms with Gasteiger partial charge in [0, 0.05) is 13.7 Å². The minimum Gasteiger partial charge on any atom is -0.480 e. The first-order chi connectivity index (χ1) is 11.9. The fourth-order valence-corrected chi connectivity index (χ4v) is 4.14. The highest BCUT2D eigenvalue weighted by molar-refractivity contribution is 7.89. The third-order valence-corrected chi connectivity index (χ3v) is 5.32. The normalized spacial score (nSPS) is 21.5.